The van der Waals surface area contributed by atoms with Gasteiger partial charge in [0.2, 0.25) is 10.0 Å². The zero-order valence-electron chi connectivity index (χ0n) is 12.5. The van der Waals surface area contributed by atoms with Gasteiger partial charge in [0.1, 0.15) is 0 Å². The minimum Gasteiger partial charge on any atom is -0.396 e. The standard InChI is InChI=1S/C15H22N2O3S/c1-3-17(10-5-11-18)21(19,20)15-8-7-13(2)12-14(15)6-4-9-16/h7-8,12,18H,3,5,9-11,16H2,1-2H3. The lowest BCUT2D eigenvalue weighted by molar-refractivity contribution is 0.271. The minimum absolute atomic E-state index is 0.0419. The first-order valence-corrected chi connectivity index (χ1v) is 8.32. The molecule has 21 heavy (non-hydrogen) atoms. The Morgan fingerprint density at radius 2 is 2.10 bits per heavy atom. The molecule has 0 heterocycles. The van der Waals surface area contributed by atoms with Gasteiger partial charge in [-0.05, 0) is 31.0 Å². The van der Waals surface area contributed by atoms with Gasteiger partial charge in [-0.3, -0.25) is 0 Å². The molecule has 0 fully saturated rings. The maximum atomic E-state index is 12.7. The maximum absolute atomic E-state index is 12.7. The summed E-state index contributed by atoms with van der Waals surface area (Å²) in [6, 6.07) is 5.07. The van der Waals surface area contributed by atoms with E-state index in [1.54, 1.807) is 25.1 Å². The number of hydrogen-bond donors (Lipinski definition) is 2. The van der Waals surface area contributed by atoms with Crippen LogP contribution in [0.15, 0.2) is 23.1 Å². The lowest BCUT2D eigenvalue weighted by Crippen LogP contribution is -2.32. The molecule has 0 saturated carbocycles. The van der Waals surface area contributed by atoms with Crippen molar-refractivity contribution in [2.24, 2.45) is 5.73 Å². The van der Waals surface area contributed by atoms with E-state index in [1.165, 1.54) is 4.31 Å². The Bertz CT molecular complexity index is 630. The van der Waals surface area contributed by atoms with Crippen molar-refractivity contribution in [2.75, 3.05) is 26.2 Å². The van der Waals surface area contributed by atoms with E-state index in [0.29, 0.717) is 18.5 Å². The zero-order valence-corrected chi connectivity index (χ0v) is 13.3. The van der Waals surface area contributed by atoms with Gasteiger partial charge < -0.3 is 10.8 Å². The summed E-state index contributed by atoms with van der Waals surface area (Å²) in [5.41, 5.74) is 6.76. The molecular weight excluding hydrogens is 288 g/mol. The van der Waals surface area contributed by atoms with Gasteiger partial charge in [-0.2, -0.15) is 4.31 Å². The highest BCUT2D eigenvalue weighted by molar-refractivity contribution is 7.89. The first-order valence-electron chi connectivity index (χ1n) is 6.88. The number of aliphatic hydroxyl groups excluding tert-OH is 1. The van der Waals surface area contributed by atoms with Crippen LogP contribution >= 0.6 is 0 Å². The normalized spacial score (nSPS) is 11.3. The second-order valence-electron chi connectivity index (χ2n) is 4.58. The third kappa shape index (κ3) is 4.55. The summed E-state index contributed by atoms with van der Waals surface area (Å²) in [5, 5.41) is 8.90. The molecule has 116 valence electrons. The molecule has 6 heteroatoms. The van der Waals surface area contributed by atoms with Gasteiger partial charge >= 0.3 is 0 Å². The van der Waals surface area contributed by atoms with Crippen LogP contribution in [-0.4, -0.2) is 44.1 Å². The van der Waals surface area contributed by atoms with Gasteiger partial charge in [-0.1, -0.05) is 24.8 Å². The Balaban J connectivity index is 3.29. The van der Waals surface area contributed by atoms with Crippen LogP contribution < -0.4 is 5.73 Å². The highest BCUT2D eigenvalue weighted by Crippen LogP contribution is 2.21. The molecule has 0 aliphatic carbocycles. The molecule has 1 aromatic carbocycles. The fourth-order valence-corrected chi connectivity index (χ4v) is 3.56. The Labute approximate surface area is 126 Å². The highest BCUT2D eigenvalue weighted by atomic mass is 32.2. The van der Waals surface area contributed by atoms with Crippen LogP contribution in [0.25, 0.3) is 0 Å². The van der Waals surface area contributed by atoms with E-state index in [-0.39, 0.29) is 24.6 Å². The topological polar surface area (TPSA) is 83.6 Å². The quantitative estimate of drug-likeness (QED) is 0.758. The first-order chi connectivity index (χ1) is 9.97. The molecule has 1 rings (SSSR count). The van der Waals surface area contributed by atoms with Crippen molar-refractivity contribution >= 4 is 10.0 Å². The van der Waals surface area contributed by atoms with E-state index < -0.39 is 10.0 Å². The molecule has 0 aliphatic rings. The summed E-state index contributed by atoms with van der Waals surface area (Å²) in [5.74, 6) is 5.52. The van der Waals surface area contributed by atoms with Crippen molar-refractivity contribution < 1.29 is 13.5 Å². The molecule has 0 saturated heterocycles. The third-order valence-electron chi connectivity index (χ3n) is 3.00. The van der Waals surface area contributed by atoms with Crippen LogP contribution in [0.1, 0.15) is 24.5 Å². The lowest BCUT2D eigenvalue weighted by atomic mass is 10.1. The predicted molar refractivity (Wildman–Crippen MR) is 83.2 cm³/mol. The van der Waals surface area contributed by atoms with Crippen molar-refractivity contribution in [3.63, 3.8) is 0 Å². The number of sulfonamides is 1. The van der Waals surface area contributed by atoms with E-state index in [0.717, 1.165) is 5.56 Å². The molecule has 1 aromatic rings. The predicted octanol–water partition coefficient (Wildman–Crippen LogP) is 0.698. The minimum atomic E-state index is -3.62. The molecule has 0 radical (unpaired) electrons. The van der Waals surface area contributed by atoms with E-state index in [1.807, 2.05) is 6.92 Å². The Morgan fingerprint density at radius 3 is 2.67 bits per heavy atom. The van der Waals surface area contributed by atoms with Gasteiger partial charge in [0.05, 0.1) is 11.4 Å². The van der Waals surface area contributed by atoms with Crippen LogP contribution in [0.3, 0.4) is 0 Å². The number of aryl methyl sites for hydroxylation is 1. The number of nitrogens with two attached hydrogens (primary N) is 1. The molecule has 0 atom stereocenters. The van der Waals surface area contributed by atoms with Crippen molar-refractivity contribution in [1.29, 1.82) is 0 Å². The van der Waals surface area contributed by atoms with Crippen molar-refractivity contribution in [3.8, 4) is 11.8 Å². The van der Waals surface area contributed by atoms with Gasteiger partial charge in [-0.15, -0.1) is 0 Å². The molecule has 0 unspecified atom stereocenters. The van der Waals surface area contributed by atoms with Crippen LogP contribution in [0.2, 0.25) is 0 Å². The summed E-state index contributed by atoms with van der Waals surface area (Å²) in [6.07, 6.45) is 0.405. The van der Waals surface area contributed by atoms with E-state index >= 15 is 0 Å². The average molecular weight is 310 g/mol. The van der Waals surface area contributed by atoms with E-state index in [4.69, 9.17) is 10.8 Å². The second-order valence-corrected chi connectivity index (χ2v) is 6.49. The summed E-state index contributed by atoms with van der Waals surface area (Å²) in [7, 11) is -3.62. The SMILES string of the molecule is CCN(CCCO)S(=O)(=O)c1ccc(C)cc1C#CCN. The van der Waals surface area contributed by atoms with Crippen LogP contribution in [0.5, 0.6) is 0 Å². The number of benzene rings is 1. The molecule has 0 spiro atoms. The monoisotopic (exact) mass is 310 g/mol. The second kappa shape index (κ2) is 8.15. The molecule has 0 aliphatic heterocycles. The number of aliphatic hydroxyl groups is 1. The summed E-state index contributed by atoms with van der Waals surface area (Å²) < 4.78 is 26.8. The zero-order chi connectivity index (χ0) is 15.9. The maximum Gasteiger partial charge on any atom is 0.244 e. The number of hydrogen-bond acceptors (Lipinski definition) is 4. The summed E-state index contributed by atoms with van der Waals surface area (Å²) >= 11 is 0. The Kier molecular flexibility index (Phi) is 6.85. The summed E-state index contributed by atoms with van der Waals surface area (Å²) in [6.45, 7) is 4.42. The van der Waals surface area contributed by atoms with Gasteiger partial charge in [0.15, 0.2) is 0 Å². The van der Waals surface area contributed by atoms with Crippen molar-refractivity contribution in [2.45, 2.75) is 25.2 Å². The fourth-order valence-electron chi connectivity index (χ4n) is 1.95. The Hall–Kier alpha value is -1.39. The number of rotatable bonds is 6. The van der Waals surface area contributed by atoms with Gasteiger partial charge in [-0.25, -0.2) is 8.42 Å². The van der Waals surface area contributed by atoms with Crippen molar-refractivity contribution in [1.82, 2.24) is 4.31 Å². The molecule has 0 aromatic heterocycles. The highest BCUT2D eigenvalue weighted by Gasteiger charge is 2.25. The molecule has 0 bridgehead atoms. The third-order valence-corrected chi connectivity index (χ3v) is 5.03. The average Bonchev–Trinajstić information content (AvgIpc) is 2.45. The van der Waals surface area contributed by atoms with Crippen LogP contribution in [-0.2, 0) is 10.0 Å². The van der Waals surface area contributed by atoms with Crippen molar-refractivity contribution in [3.05, 3.63) is 29.3 Å². The van der Waals surface area contributed by atoms with E-state index in [2.05, 4.69) is 11.8 Å². The lowest BCUT2D eigenvalue weighted by Gasteiger charge is -2.21. The first kappa shape index (κ1) is 17.7. The molecular formula is C15H22N2O3S. The van der Waals surface area contributed by atoms with Crippen LogP contribution in [0.4, 0.5) is 0 Å². The number of nitrogens with zero attached hydrogens (tertiary/aromatic N) is 1. The fraction of sp³-hybridized carbons (Fsp3) is 0.467. The largest absolute Gasteiger partial charge is 0.396 e. The molecule has 5 nitrogen and oxygen atoms in total. The van der Waals surface area contributed by atoms with Gasteiger partial charge in [0.25, 0.3) is 0 Å². The van der Waals surface area contributed by atoms with Crippen LogP contribution in [0, 0.1) is 18.8 Å². The van der Waals surface area contributed by atoms with Gasteiger partial charge in [0, 0.05) is 25.3 Å². The Morgan fingerprint density at radius 1 is 1.38 bits per heavy atom. The summed E-state index contributed by atoms with van der Waals surface area (Å²) in [4.78, 5) is 0.189. The smallest absolute Gasteiger partial charge is 0.244 e. The molecule has 3 N–H and O–H groups in total. The molecule has 0 amide bonds. The van der Waals surface area contributed by atoms with E-state index in [9.17, 15) is 8.42 Å².